The lowest BCUT2D eigenvalue weighted by Crippen LogP contribution is -2.48. The highest BCUT2D eigenvalue weighted by Crippen LogP contribution is 2.29. The van der Waals surface area contributed by atoms with E-state index in [9.17, 15) is 5.11 Å². The van der Waals surface area contributed by atoms with Crippen molar-refractivity contribution in [3.63, 3.8) is 0 Å². The normalized spacial score (nSPS) is 24.4. The lowest BCUT2D eigenvalue weighted by Gasteiger charge is -2.27. The van der Waals surface area contributed by atoms with Gasteiger partial charge in [-0.2, -0.15) is 0 Å². The summed E-state index contributed by atoms with van der Waals surface area (Å²) < 4.78 is 0. The number of hydrogen-bond acceptors (Lipinski definition) is 3. The number of rotatable bonds is 3. The second kappa shape index (κ2) is 4.84. The highest BCUT2D eigenvalue weighted by molar-refractivity contribution is 6.31. The van der Waals surface area contributed by atoms with Crippen molar-refractivity contribution in [3.05, 3.63) is 28.8 Å². The van der Waals surface area contributed by atoms with Crippen molar-refractivity contribution in [1.29, 1.82) is 0 Å². The van der Waals surface area contributed by atoms with Crippen LogP contribution in [0.25, 0.3) is 0 Å². The summed E-state index contributed by atoms with van der Waals surface area (Å²) in [7, 11) is 1.90. The van der Waals surface area contributed by atoms with E-state index in [-0.39, 0.29) is 12.1 Å². The van der Waals surface area contributed by atoms with Gasteiger partial charge in [0.15, 0.2) is 0 Å². The van der Waals surface area contributed by atoms with Crippen molar-refractivity contribution in [1.82, 2.24) is 5.32 Å². The molecule has 0 saturated carbocycles. The molecule has 2 rings (SSSR count). The van der Waals surface area contributed by atoms with E-state index in [0.29, 0.717) is 0 Å². The van der Waals surface area contributed by atoms with E-state index in [2.05, 4.69) is 16.3 Å². The maximum Gasteiger partial charge on any atom is 0.0631 e. The van der Waals surface area contributed by atoms with Gasteiger partial charge in [0.25, 0.3) is 0 Å². The zero-order valence-electron chi connectivity index (χ0n) is 10.3. The Morgan fingerprint density at radius 3 is 2.82 bits per heavy atom. The van der Waals surface area contributed by atoms with Crippen molar-refractivity contribution in [2.75, 3.05) is 31.6 Å². The molecule has 0 amide bonds. The van der Waals surface area contributed by atoms with Gasteiger partial charge in [0.2, 0.25) is 0 Å². The predicted octanol–water partition coefficient (Wildman–Crippen LogP) is 1.81. The van der Waals surface area contributed by atoms with Gasteiger partial charge in [-0.05, 0) is 38.1 Å². The first-order valence-electron chi connectivity index (χ1n) is 5.91. The molecule has 1 atom stereocenters. The minimum atomic E-state index is -0.169. The second-order valence-electron chi connectivity index (χ2n) is 4.79. The highest BCUT2D eigenvalue weighted by atomic mass is 35.5. The number of benzene rings is 1. The molecule has 4 heteroatoms. The molecule has 94 valence electrons. The van der Waals surface area contributed by atoms with Gasteiger partial charge in [-0.1, -0.05) is 17.7 Å². The van der Waals surface area contributed by atoms with E-state index in [1.807, 2.05) is 26.1 Å². The zero-order chi connectivity index (χ0) is 12.5. The number of hydrogen-bond donors (Lipinski definition) is 2. The third kappa shape index (κ3) is 2.41. The molecule has 1 heterocycles. The molecule has 1 unspecified atom stereocenters. The molecular formula is C13H19ClN2O. The molecule has 17 heavy (non-hydrogen) atoms. The van der Waals surface area contributed by atoms with Gasteiger partial charge in [-0.25, -0.2) is 0 Å². The summed E-state index contributed by atoms with van der Waals surface area (Å²) in [5, 5.41) is 13.5. The van der Waals surface area contributed by atoms with Gasteiger partial charge in [0.05, 0.1) is 12.1 Å². The number of nitrogens with zero attached hydrogens (tertiary/aromatic N) is 1. The number of nitrogens with one attached hydrogen (secondary N) is 1. The Hall–Kier alpha value is -0.770. The molecule has 1 aliphatic heterocycles. The van der Waals surface area contributed by atoms with E-state index in [0.717, 1.165) is 35.8 Å². The Balaban J connectivity index is 2.17. The zero-order valence-corrected chi connectivity index (χ0v) is 11.1. The molecule has 0 spiro atoms. The van der Waals surface area contributed by atoms with Gasteiger partial charge in [-0.3, -0.25) is 0 Å². The summed E-state index contributed by atoms with van der Waals surface area (Å²) in [6.45, 7) is 3.93. The fraction of sp³-hybridized carbons (Fsp3) is 0.538. The van der Waals surface area contributed by atoms with Gasteiger partial charge < -0.3 is 15.3 Å². The van der Waals surface area contributed by atoms with E-state index in [1.54, 1.807) is 0 Å². The molecule has 1 fully saturated rings. The Labute approximate surface area is 107 Å². The van der Waals surface area contributed by atoms with E-state index < -0.39 is 0 Å². The minimum Gasteiger partial charge on any atom is -0.394 e. The van der Waals surface area contributed by atoms with Gasteiger partial charge in [0.1, 0.15) is 0 Å². The number of aliphatic hydroxyl groups is 1. The van der Waals surface area contributed by atoms with Crippen molar-refractivity contribution < 1.29 is 5.11 Å². The van der Waals surface area contributed by atoms with Crippen LogP contribution in [0.4, 0.5) is 5.69 Å². The van der Waals surface area contributed by atoms with E-state index in [1.165, 1.54) is 0 Å². The summed E-state index contributed by atoms with van der Waals surface area (Å²) in [6, 6.07) is 6.13. The average Bonchev–Trinajstić information content (AvgIpc) is 2.78. The largest absolute Gasteiger partial charge is 0.394 e. The first kappa shape index (κ1) is 12.7. The van der Waals surface area contributed by atoms with Crippen LogP contribution < -0.4 is 10.2 Å². The number of anilines is 1. The first-order valence-corrected chi connectivity index (χ1v) is 6.29. The SMILES string of the molecule is CNC1(CO)CCN(c2ccc(C)c(Cl)c2)C1. The Kier molecular flexibility index (Phi) is 3.61. The molecule has 1 aliphatic rings. The fourth-order valence-electron chi connectivity index (χ4n) is 2.28. The molecule has 0 aliphatic carbocycles. The predicted molar refractivity (Wildman–Crippen MR) is 71.9 cm³/mol. The van der Waals surface area contributed by atoms with Gasteiger partial charge in [0, 0.05) is 23.8 Å². The molecule has 2 N–H and O–H groups in total. The summed E-state index contributed by atoms with van der Waals surface area (Å²) in [5.74, 6) is 0. The van der Waals surface area contributed by atoms with Crippen LogP contribution in [-0.4, -0.2) is 37.4 Å². The van der Waals surface area contributed by atoms with Crippen molar-refractivity contribution in [2.24, 2.45) is 0 Å². The third-order valence-electron chi connectivity index (χ3n) is 3.71. The smallest absolute Gasteiger partial charge is 0.0631 e. The Morgan fingerprint density at radius 1 is 1.53 bits per heavy atom. The van der Waals surface area contributed by atoms with Gasteiger partial charge >= 0.3 is 0 Å². The quantitative estimate of drug-likeness (QED) is 0.864. The lowest BCUT2D eigenvalue weighted by atomic mass is 10.0. The monoisotopic (exact) mass is 254 g/mol. The first-order chi connectivity index (χ1) is 8.10. The molecular weight excluding hydrogens is 236 g/mol. The highest BCUT2D eigenvalue weighted by Gasteiger charge is 2.36. The fourth-order valence-corrected chi connectivity index (χ4v) is 2.46. The van der Waals surface area contributed by atoms with Crippen LogP contribution in [0, 0.1) is 6.92 Å². The lowest BCUT2D eigenvalue weighted by molar-refractivity contribution is 0.184. The van der Waals surface area contributed by atoms with Crippen LogP contribution in [0.3, 0.4) is 0 Å². The maximum atomic E-state index is 9.46. The third-order valence-corrected chi connectivity index (χ3v) is 4.11. The summed E-state index contributed by atoms with van der Waals surface area (Å²) in [6.07, 6.45) is 0.950. The Bertz CT molecular complexity index is 404. The summed E-state index contributed by atoms with van der Waals surface area (Å²) >= 11 is 6.14. The molecule has 3 nitrogen and oxygen atoms in total. The topological polar surface area (TPSA) is 35.5 Å². The number of aliphatic hydroxyl groups excluding tert-OH is 1. The average molecular weight is 255 g/mol. The molecule has 1 aromatic rings. The molecule has 1 saturated heterocycles. The number of halogens is 1. The van der Waals surface area contributed by atoms with Gasteiger partial charge in [-0.15, -0.1) is 0 Å². The van der Waals surface area contributed by atoms with Crippen LogP contribution in [-0.2, 0) is 0 Å². The molecule has 0 radical (unpaired) electrons. The number of likely N-dealkylation sites (N-methyl/N-ethyl adjacent to an activating group) is 1. The van der Waals surface area contributed by atoms with Crippen LogP contribution in [0.1, 0.15) is 12.0 Å². The van der Waals surface area contributed by atoms with Crippen molar-refractivity contribution >= 4 is 17.3 Å². The van der Waals surface area contributed by atoms with E-state index >= 15 is 0 Å². The summed E-state index contributed by atoms with van der Waals surface area (Å²) in [4.78, 5) is 2.26. The standard InChI is InChI=1S/C13H19ClN2O/c1-10-3-4-11(7-12(10)14)16-6-5-13(8-16,9-17)15-2/h3-4,7,15,17H,5-6,8-9H2,1-2H3. The van der Waals surface area contributed by atoms with Crippen molar-refractivity contribution in [2.45, 2.75) is 18.9 Å². The van der Waals surface area contributed by atoms with E-state index in [4.69, 9.17) is 11.6 Å². The van der Waals surface area contributed by atoms with Crippen LogP contribution >= 0.6 is 11.6 Å². The molecule has 0 aromatic heterocycles. The minimum absolute atomic E-state index is 0.166. The molecule has 0 bridgehead atoms. The number of aryl methyl sites for hydroxylation is 1. The maximum absolute atomic E-state index is 9.46. The van der Waals surface area contributed by atoms with Crippen LogP contribution in [0.5, 0.6) is 0 Å². The Morgan fingerprint density at radius 2 is 2.29 bits per heavy atom. The van der Waals surface area contributed by atoms with Crippen LogP contribution in [0.15, 0.2) is 18.2 Å². The van der Waals surface area contributed by atoms with Crippen LogP contribution in [0.2, 0.25) is 5.02 Å². The molecule has 1 aromatic carbocycles. The summed E-state index contributed by atoms with van der Waals surface area (Å²) in [5.41, 5.74) is 2.06. The second-order valence-corrected chi connectivity index (χ2v) is 5.20. The van der Waals surface area contributed by atoms with Crippen molar-refractivity contribution in [3.8, 4) is 0 Å².